The van der Waals surface area contributed by atoms with Gasteiger partial charge in [-0.1, -0.05) is 6.08 Å². The molecule has 1 saturated carbocycles. The summed E-state index contributed by atoms with van der Waals surface area (Å²) in [6, 6.07) is 5.00. The average Bonchev–Trinajstić information content (AvgIpc) is 3.65. The lowest BCUT2D eigenvalue weighted by Gasteiger charge is -2.35. The standard InChI is InChI=1S/C23H33N3O5S/c1-30-21-11-10-20(16-22(21)31-2)32(28,29)25-14-12-24(13-15-25)17-23(27)26(19-8-9-19)18-6-4-3-5-7-18/h6,10-11,16,19H,3-5,7-9,12-15,17H2,1-2H3. The summed E-state index contributed by atoms with van der Waals surface area (Å²) in [7, 11) is -0.642. The number of amides is 1. The molecule has 0 spiro atoms. The van der Waals surface area contributed by atoms with E-state index in [-0.39, 0.29) is 10.8 Å². The Morgan fingerprint density at radius 2 is 1.78 bits per heavy atom. The molecule has 176 valence electrons. The van der Waals surface area contributed by atoms with Crippen LogP contribution in [0, 0.1) is 0 Å². The van der Waals surface area contributed by atoms with E-state index in [0.29, 0.717) is 50.3 Å². The molecule has 0 N–H and O–H groups in total. The van der Waals surface area contributed by atoms with Crippen LogP contribution >= 0.6 is 0 Å². The number of rotatable bonds is 8. The van der Waals surface area contributed by atoms with Gasteiger partial charge in [-0.05, 0) is 50.7 Å². The van der Waals surface area contributed by atoms with Gasteiger partial charge in [0.25, 0.3) is 0 Å². The molecular formula is C23H33N3O5S. The number of hydrogen-bond donors (Lipinski definition) is 0. The van der Waals surface area contributed by atoms with Crippen LogP contribution in [0.1, 0.15) is 38.5 Å². The third-order valence-electron chi connectivity index (χ3n) is 6.44. The fourth-order valence-corrected chi connectivity index (χ4v) is 5.93. The number of hydrogen-bond acceptors (Lipinski definition) is 6. The zero-order valence-corrected chi connectivity index (χ0v) is 19.8. The van der Waals surface area contributed by atoms with Gasteiger partial charge in [-0.25, -0.2) is 8.42 Å². The van der Waals surface area contributed by atoms with Gasteiger partial charge in [0, 0.05) is 44.0 Å². The molecule has 3 aliphatic rings. The van der Waals surface area contributed by atoms with Gasteiger partial charge in [-0.15, -0.1) is 0 Å². The van der Waals surface area contributed by atoms with Gasteiger partial charge in [-0.3, -0.25) is 9.69 Å². The molecule has 1 aromatic rings. The van der Waals surface area contributed by atoms with Crippen molar-refractivity contribution in [3.8, 4) is 11.5 Å². The summed E-state index contributed by atoms with van der Waals surface area (Å²) in [5.41, 5.74) is 1.19. The number of piperazine rings is 1. The Kier molecular flexibility index (Phi) is 7.07. The number of carbonyl (C=O) groups excluding carboxylic acids is 1. The Balaban J connectivity index is 1.37. The quantitative estimate of drug-likeness (QED) is 0.589. The number of sulfonamides is 1. The molecule has 32 heavy (non-hydrogen) atoms. The molecule has 0 aromatic heterocycles. The highest BCUT2D eigenvalue weighted by molar-refractivity contribution is 7.89. The van der Waals surface area contributed by atoms with Gasteiger partial charge in [0.15, 0.2) is 11.5 Å². The molecule has 2 aliphatic carbocycles. The van der Waals surface area contributed by atoms with E-state index in [2.05, 4.69) is 11.0 Å². The van der Waals surface area contributed by atoms with Crippen LogP contribution in [0.3, 0.4) is 0 Å². The summed E-state index contributed by atoms with van der Waals surface area (Å²) >= 11 is 0. The molecule has 0 bridgehead atoms. The van der Waals surface area contributed by atoms with Gasteiger partial charge in [0.2, 0.25) is 15.9 Å². The van der Waals surface area contributed by atoms with Gasteiger partial charge >= 0.3 is 0 Å². The minimum atomic E-state index is -3.64. The van der Waals surface area contributed by atoms with Crippen molar-refractivity contribution in [3.63, 3.8) is 0 Å². The SMILES string of the molecule is COc1ccc(S(=O)(=O)N2CCN(CC(=O)N(C3=CCCCC3)C3CC3)CC2)cc1OC. The lowest BCUT2D eigenvalue weighted by Crippen LogP contribution is -2.51. The van der Waals surface area contributed by atoms with Crippen molar-refractivity contribution in [3.05, 3.63) is 30.0 Å². The van der Waals surface area contributed by atoms with Gasteiger partial charge in [0.1, 0.15) is 0 Å². The number of carbonyl (C=O) groups is 1. The van der Waals surface area contributed by atoms with Crippen LogP contribution in [0.2, 0.25) is 0 Å². The fourth-order valence-electron chi connectivity index (χ4n) is 4.49. The summed E-state index contributed by atoms with van der Waals surface area (Å²) in [6.45, 7) is 2.13. The van der Waals surface area contributed by atoms with E-state index >= 15 is 0 Å². The van der Waals surface area contributed by atoms with Crippen molar-refractivity contribution >= 4 is 15.9 Å². The lowest BCUT2D eigenvalue weighted by atomic mass is 10.0. The molecule has 4 rings (SSSR count). The predicted molar refractivity (Wildman–Crippen MR) is 121 cm³/mol. The zero-order chi connectivity index (χ0) is 22.7. The summed E-state index contributed by atoms with van der Waals surface area (Å²) in [5.74, 6) is 1.02. The maximum absolute atomic E-state index is 13.1. The van der Waals surface area contributed by atoms with Gasteiger partial charge < -0.3 is 14.4 Å². The predicted octanol–water partition coefficient (Wildman–Crippen LogP) is 2.46. The van der Waals surface area contributed by atoms with Crippen molar-refractivity contribution in [1.29, 1.82) is 0 Å². The minimum Gasteiger partial charge on any atom is -0.493 e. The van der Waals surface area contributed by atoms with Gasteiger partial charge in [-0.2, -0.15) is 4.31 Å². The first-order valence-corrected chi connectivity index (χ1v) is 12.8. The number of methoxy groups -OCH3 is 2. The molecule has 1 aromatic carbocycles. The number of ether oxygens (including phenoxy) is 2. The second-order valence-corrected chi connectivity index (χ2v) is 10.6. The summed E-state index contributed by atoms with van der Waals surface area (Å²) in [5, 5.41) is 0. The molecular weight excluding hydrogens is 430 g/mol. The third-order valence-corrected chi connectivity index (χ3v) is 8.33. The Labute approximate surface area is 190 Å². The normalized spacial score (nSPS) is 20.5. The van der Waals surface area contributed by atoms with E-state index in [9.17, 15) is 13.2 Å². The average molecular weight is 464 g/mol. The molecule has 1 aliphatic heterocycles. The summed E-state index contributed by atoms with van der Waals surface area (Å²) in [6.07, 6.45) is 8.79. The first-order chi connectivity index (χ1) is 15.4. The highest BCUT2D eigenvalue weighted by atomic mass is 32.2. The molecule has 8 nitrogen and oxygen atoms in total. The Morgan fingerprint density at radius 1 is 1.06 bits per heavy atom. The van der Waals surface area contributed by atoms with Crippen LogP contribution in [-0.2, 0) is 14.8 Å². The van der Waals surface area contributed by atoms with Crippen molar-refractivity contribution < 1.29 is 22.7 Å². The van der Waals surface area contributed by atoms with Crippen LogP contribution < -0.4 is 9.47 Å². The topological polar surface area (TPSA) is 79.4 Å². The molecule has 1 heterocycles. The zero-order valence-electron chi connectivity index (χ0n) is 19.0. The highest BCUT2D eigenvalue weighted by Crippen LogP contribution is 2.34. The first-order valence-electron chi connectivity index (χ1n) is 11.4. The molecule has 2 fully saturated rings. The van der Waals surface area contributed by atoms with Crippen LogP contribution in [-0.4, -0.2) is 81.4 Å². The largest absolute Gasteiger partial charge is 0.493 e. The van der Waals surface area contributed by atoms with E-state index in [4.69, 9.17) is 9.47 Å². The third kappa shape index (κ3) is 4.94. The van der Waals surface area contributed by atoms with E-state index in [1.165, 1.54) is 42.8 Å². The summed E-state index contributed by atoms with van der Waals surface area (Å²) < 4.78 is 38.2. The molecule has 9 heteroatoms. The van der Waals surface area contributed by atoms with E-state index < -0.39 is 10.0 Å². The van der Waals surface area contributed by atoms with Crippen LogP contribution in [0.15, 0.2) is 34.9 Å². The van der Waals surface area contributed by atoms with Crippen LogP contribution in [0.25, 0.3) is 0 Å². The van der Waals surface area contributed by atoms with Crippen molar-refractivity contribution in [2.45, 2.75) is 49.5 Å². The van der Waals surface area contributed by atoms with E-state index in [1.807, 2.05) is 4.90 Å². The van der Waals surface area contributed by atoms with E-state index in [0.717, 1.165) is 32.1 Å². The number of nitrogens with zero attached hydrogens (tertiary/aromatic N) is 3. The van der Waals surface area contributed by atoms with Crippen molar-refractivity contribution in [2.75, 3.05) is 46.9 Å². The molecule has 1 amide bonds. The monoisotopic (exact) mass is 463 g/mol. The lowest BCUT2D eigenvalue weighted by molar-refractivity contribution is -0.131. The molecule has 0 atom stereocenters. The number of allylic oxidation sites excluding steroid dienone is 2. The second-order valence-electron chi connectivity index (χ2n) is 8.63. The fraction of sp³-hybridized carbons (Fsp3) is 0.609. The molecule has 0 radical (unpaired) electrons. The molecule has 0 unspecified atom stereocenters. The highest BCUT2D eigenvalue weighted by Gasteiger charge is 2.36. The Bertz CT molecular complexity index is 966. The Hall–Kier alpha value is -2.10. The Morgan fingerprint density at radius 3 is 2.38 bits per heavy atom. The van der Waals surface area contributed by atoms with Crippen LogP contribution in [0.5, 0.6) is 11.5 Å². The smallest absolute Gasteiger partial charge is 0.243 e. The number of benzene rings is 1. The maximum atomic E-state index is 13.1. The first kappa shape index (κ1) is 23.1. The van der Waals surface area contributed by atoms with Crippen molar-refractivity contribution in [2.24, 2.45) is 0 Å². The maximum Gasteiger partial charge on any atom is 0.243 e. The van der Waals surface area contributed by atoms with Gasteiger partial charge in [0.05, 0.1) is 25.7 Å². The van der Waals surface area contributed by atoms with E-state index in [1.54, 1.807) is 6.07 Å². The minimum absolute atomic E-state index is 0.150. The molecule has 1 saturated heterocycles. The van der Waals surface area contributed by atoms with Crippen molar-refractivity contribution in [1.82, 2.24) is 14.1 Å². The summed E-state index contributed by atoms with van der Waals surface area (Å²) in [4.78, 5) is 17.4. The second kappa shape index (κ2) is 9.80. The van der Waals surface area contributed by atoms with Crippen LogP contribution in [0.4, 0.5) is 0 Å².